The molecule has 0 saturated heterocycles. The van der Waals surface area contributed by atoms with Crippen molar-refractivity contribution >= 4 is 27.2 Å². The average molecular weight is 458 g/mol. The number of benzene rings is 1. The van der Waals surface area contributed by atoms with Crippen LogP contribution in [0.15, 0.2) is 36.9 Å². The number of nitrogens with one attached hydrogen (secondary N) is 2. The summed E-state index contributed by atoms with van der Waals surface area (Å²) >= 11 is 0. The molecule has 2 heterocycles. The third-order valence-corrected chi connectivity index (χ3v) is 7.75. The number of aryl methyl sites for hydroxylation is 1. The van der Waals surface area contributed by atoms with E-state index in [9.17, 15) is 18.6 Å². The van der Waals surface area contributed by atoms with E-state index in [-0.39, 0.29) is 6.04 Å². The van der Waals surface area contributed by atoms with E-state index in [0.29, 0.717) is 23.4 Å². The number of aromatic nitrogens is 4. The largest absolute Gasteiger partial charge is 0.388 e. The molecule has 3 aliphatic rings. The number of fused-ring (bicyclic) bond motifs is 3. The first-order valence-corrected chi connectivity index (χ1v) is 12.0. The minimum absolute atomic E-state index is 0.130. The molecule has 0 radical (unpaired) electrons. The fourth-order valence-corrected chi connectivity index (χ4v) is 6.29. The molecule has 11 nitrogen and oxygen atoms in total. The highest BCUT2D eigenvalue weighted by molar-refractivity contribution is 7.87. The topological polar surface area (TPSA) is 168 Å². The van der Waals surface area contributed by atoms with Crippen LogP contribution in [0.4, 0.5) is 5.82 Å². The fourth-order valence-electron chi connectivity index (χ4n) is 5.58. The second kappa shape index (κ2) is 6.68. The Morgan fingerprint density at radius 2 is 2.03 bits per heavy atom. The summed E-state index contributed by atoms with van der Waals surface area (Å²) in [6.07, 6.45) is 4.15. The van der Waals surface area contributed by atoms with Gasteiger partial charge in [0.15, 0.2) is 11.5 Å². The summed E-state index contributed by atoms with van der Waals surface area (Å²) < 4.78 is 26.6. The van der Waals surface area contributed by atoms with Crippen LogP contribution in [0.1, 0.15) is 36.1 Å². The van der Waals surface area contributed by atoms with Crippen LogP contribution in [0.3, 0.4) is 0 Å². The Kier molecular flexibility index (Phi) is 4.18. The van der Waals surface area contributed by atoms with E-state index < -0.39 is 39.9 Å². The molecule has 6 N–H and O–H groups in total. The van der Waals surface area contributed by atoms with Crippen molar-refractivity contribution in [2.75, 3.05) is 5.32 Å². The maximum absolute atomic E-state index is 11.3. The molecule has 0 amide bonds. The van der Waals surface area contributed by atoms with Gasteiger partial charge in [0.25, 0.3) is 10.2 Å². The number of rotatable bonds is 5. The Bertz CT molecular complexity index is 1330. The molecule has 2 aromatic heterocycles. The number of hydrogen-bond donors (Lipinski definition) is 5. The fraction of sp³-hybridized carbons (Fsp3) is 0.450. The minimum Gasteiger partial charge on any atom is -0.388 e. The molecule has 2 fully saturated rings. The SMILES string of the molecule is NS(=O)(=O)NC1[C@H]2C[C@@H](n3cnc4c(N[C@H]5CCc6ccccc65)ncnc43)[C@H](O)[C@@]12O. The molecular formula is C20H23N7O4S. The monoisotopic (exact) mass is 457 g/mol. The van der Waals surface area contributed by atoms with Crippen molar-refractivity contribution in [2.45, 2.75) is 49.1 Å². The van der Waals surface area contributed by atoms with Gasteiger partial charge in [-0.05, 0) is 30.4 Å². The predicted octanol–water partition coefficient (Wildman–Crippen LogP) is -0.246. The van der Waals surface area contributed by atoms with Crippen LogP contribution in [0.25, 0.3) is 11.2 Å². The summed E-state index contributed by atoms with van der Waals surface area (Å²) in [5, 5.41) is 30.2. The summed E-state index contributed by atoms with van der Waals surface area (Å²) in [4.78, 5) is 13.2. The zero-order chi connectivity index (χ0) is 22.3. The molecule has 2 saturated carbocycles. The Labute approximate surface area is 183 Å². The molecule has 6 rings (SSSR count). The smallest absolute Gasteiger partial charge is 0.274 e. The van der Waals surface area contributed by atoms with Crippen LogP contribution in [0.2, 0.25) is 0 Å². The van der Waals surface area contributed by atoms with Gasteiger partial charge in [0, 0.05) is 5.92 Å². The number of anilines is 1. The van der Waals surface area contributed by atoms with Crippen molar-refractivity contribution in [2.24, 2.45) is 11.1 Å². The molecular weight excluding hydrogens is 434 g/mol. The van der Waals surface area contributed by atoms with E-state index in [2.05, 4.69) is 37.1 Å². The first-order chi connectivity index (χ1) is 15.3. The lowest BCUT2D eigenvalue weighted by Crippen LogP contribution is -2.44. The van der Waals surface area contributed by atoms with Crippen LogP contribution in [-0.2, 0) is 16.6 Å². The molecule has 32 heavy (non-hydrogen) atoms. The highest BCUT2D eigenvalue weighted by Crippen LogP contribution is 2.60. The van der Waals surface area contributed by atoms with Crippen molar-refractivity contribution in [3.63, 3.8) is 0 Å². The van der Waals surface area contributed by atoms with Crippen molar-refractivity contribution in [1.29, 1.82) is 0 Å². The summed E-state index contributed by atoms with van der Waals surface area (Å²) in [7, 11) is -3.98. The van der Waals surface area contributed by atoms with Gasteiger partial charge in [-0.2, -0.15) is 13.1 Å². The third-order valence-electron chi connectivity index (χ3n) is 7.17. The summed E-state index contributed by atoms with van der Waals surface area (Å²) in [5.41, 5.74) is 2.13. The number of nitrogens with zero attached hydrogens (tertiary/aromatic N) is 4. The molecule has 3 aliphatic carbocycles. The van der Waals surface area contributed by atoms with Gasteiger partial charge in [0.05, 0.1) is 24.5 Å². The lowest BCUT2D eigenvalue weighted by molar-refractivity contribution is -0.0156. The van der Waals surface area contributed by atoms with E-state index in [1.54, 1.807) is 10.9 Å². The number of hydrogen-bond acceptors (Lipinski definition) is 8. The molecule has 3 aromatic rings. The first kappa shape index (κ1) is 20.0. The van der Waals surface area contributed by atoms with Gasteiger partial charge in [-0.25, -0.2) is 20.1 Å². The maximum atomic E-state index is 11.3. The summed E-state index contributed by atoms with van der Waals surface area (Å²) in [6, 6.07) is 7.15. The van der Waals surface area contributed by atoms with E-state index in [1.807, 2.05) is 12.1 Å². The highest BCUT2D eigenvalue weighted by atomic mass is 32.2. The molecule has 168 valence electrons. The van der Waals surface area contributed by atoms with E-state index in [4.69, 9.17) is 5.14 Å². The lowest BCUT2D eigenvalue weighted by atomic mass is 10.1. The van der Waals surface area contributed by atoms with Gasteiger partial charge in [0.1, 0.15) is 23.5 Å². The minimum atomic E-state index is -3.98. The zero-order valence-electron chi connectivity index (χ0n) is 17.0. The van der Waals surface area contributed by atoms with Gasteiger partial charge >= 0.3 is 0 Å². The second-order valence-electron chi connectivity index (χ2n) is 8.86. The number of aliphatic hydroxyl groups is 2. The van der Waals surface area contributed by atoms with E-state index in [0.717, 1.165) is 12.8 Å². The number of nitrogens with two attached hydrogens (primary N) is 1. The molecule has 0 spiro atoms. The van der Waals surface area contributed by atoms with E-state index >= 15 is 0 Å². The van der Waals surface area contributed by atoms with Gasteiger partial charge in [-0.15, -0.1) is 0 Å². The Morgan fingerprint density at radius 3 is 2.78 bits per heavy atom. The normalized spacial score (nSPS) is 33.3. The maximum Gasteiger partial charge on any atom is 0.274 e. The number of imidazole rings is 1. The molecule has 1 unspecified atom stereocenters. The Hall–Kier alpha value is -2.64. The van der Waals surface area contributed by atoms with Crippen LogP contribution in [-0.4, -0.2) is 55.9 Å². The predicted molar refractivity (Wildman–Crippen MR) is 115 cm³/mol. The summed E-state index contributed by atoms with van der Waals surface area (Å²) in [5.74, 6) is 0.174. The van der Waals surface area contributed by atoms with Crippen LogP contribution < -0.4 is 15.2 Å². The quantitative estimate of drug-likeness (QED) is 0.349. The number of aliphatic hydroxyl groups excluding tert-OH is 1. The van der Waals surface area contributed by atoms with Gasteiger partial charge in [0.2, 0.25) is 0 Å². The van der Waals surface area contributed by atoms with Crippen LogP contribution >= 0.6 is 0 Å². The molecule has 6 atom stereocenters. The molecule has 1 aromatic carbocycles. The van der Waals surface area contributed by atoms with Crippen molar-refractivity contribution < 1.29 is 18.6 Å². The highest BCUT2D eigenvalue weighted by Gasteiger charge is 2.75. The summed E-state index contributed by atoms with van der Waals surface area (Å²) in [6.45, 7) is 0. The second-order valence-corrected chi connectivity index (χ2v) is 10.2. The lowest BCUT2D eigenvalue weighted by Gasteiger charge is -2.24. The average Bonchev–Trinajstić information content (AvgIpc) is 3.17. The van der Waals surface area contributed by atoms with Gasteiger partial charge in [-0.1, -0.05) is 24.3 Å². The van der Waals surface area contributed by atoms with Crippen molar-refractivity contribution in [3.8, 4) is 0 Å². The Morgan fingerprint density at radius 1 is 1.22 bits per heavy atom. The van der Waals surface area contributed by atoms with E-state index in [1.165, 1.54) is 17.5 Å². The van der Waals surface area contributed by atoms with Gasteiger partial charge in [-0.3, -0.25) is 0 Å². The van der Waals surface area contributed by atoms with Gasteiger partial charge < -0.3 is 20.1 Å². The van der Waals surface area contributed by atoms with Crippen LogP contribution in [0, 0.1) is 5.92 Å². The molecule has 0 aliphatic heterocycles. The van der Waals surface area contributed by atoms with Crippen molar-refractivity contribution in [3.05, 3.63) is 48.0 Å². The molecule has 12 heteroatoms. The first-order valence-electron chi connectivity index (χ1n) is 10.5. The molecule has 0 bridgehead atoms. The standard InChI is InChI=1S/C20H23N7O4S/c21-32(30,31)26-16-12-7-14(17(28)20(12,16)29)27-9-24-15-18(22-8-23-19(15)27)25-13-6-5-10-3-1-2-4-11(10)13/h1-4,8-9,12-14,16-17,26,28-29H,5-7H2,(H2,21,30,31)(H,22,23,25)/t12-,13+,14-,16?,17+,20+/m1/s1. The Balaban J connectivity index is 1.27. The van der Waals surface area contributed by atoms with Crippen LogP contribution in [0.5, 0.6) is 0 Å². The van der Waals surface area contributed by atoms with Crippen molar-refractivity contribution in [1.82, 2.24) is 24.2 Å². The third kappa shape index (κ3) is 2.87. The zero-order valence-corrected chi connectivity index (χ0v) is 17.8.